The van der Waals surface area contributed by atoms with Crippen molar-refractivity contribution >= 4 is 39.9 Å². The Morgan fingerprint density at radius 3 is 2.95 bits per heavy atom. The van der Waals surface area contributed by atoms with Crippen molar-refractivity contribution in [3.8, 4) is 0 Å². The monoisotopic (exact) mass is 331 g/mol. The van der Waals surface area contributed by atoms with Crippen LogP contribution in [0.4, 0.5) is 0 Å². The van der Waals surface area contributed by atoms with Gasteiger partial charge in [-0.2, -0.15) is 0 Å². The molecule has 6 heteroatoms. The first kappa shape index (κ1) is 13.8. The molecule has 1 fully saturated rings. The van der Waals surface area contributed by atoms with E-state index < -0.39 is 0 Å². The zero-order valence-electron chi connectivity index (χ0n) is 11.8. The Labute approximate surface area is 136 Å². The maximum Gasteiger partial charge on any atom is 0.264 e. The number of hydrogen-bond acceptors (Lipinski definition) is 3. The number of nitrogens with zero attached hydrogens (tertiary/aromatic N) is 3. The largest absolute Gasteiger partial charge is 0.336 e. The average Bonchev–Trinajstić information content (AvgIpc) is 3.24. The summed E-state index contributed by atoms with van der Waals surface area (Å²) in [6, 6.07) is 12.0. The van der Waals surface area contributed by atoms with Gasteiger partial charge in [-0.25, -0.2) is 4.98 Å². The molecule has 4 nitrogen and oxygen atoms in total. The normalized spacial score (nSPS) is 18.2. The Bertz CT molecular complexity index is 841. The fourth-order valence-corrected chi connectivity index (χ4v) is 4.02. The van der Waals surface area contributed by atoms with Crippen LogP contribution in [0.5, 0.6) is 0 Å². The molecule has 3 aromatic rings. The number of imidazole rings is 1. The quantitative estimate of drug-likeness (QED) is 0.715. The van der Waals surface area contributed by atoms with Gasteiger partial charge in [0.25, 0.3) is 5.91 Å². The lowest BCUT2D eigenvalue weighted by atomic mass is 10.2. The zero-order valence-corrected chi connectivity index (χ0v) is 13.3. The van der Waals surface area contributed by atoms with E-state index in [2.05, 4.69) is 15.6 Å². The minimum absolute atomic E-state index is 0.0730. The van der Waals surface area contributed by atoms with Crippen molar-refractivity contribution in [2.45, 2.75) is 12.5 Å². The molecule has 0 N–H and O–H groups in total. The maximum atomic E-state index is 12.5. The number of para-hydroxylation sites is 2. The van der Waals surface area contributed by atoms with E-state index in [0.29, 0.717) is 15.8 Å². The fraction of sp³-hybridized carbons (Fsp3) is 0.250. The van der Waals surface area contributed by atoms with Crippen molar-refractivity contribution in [1.82, 2.24) is 14.5 Å². The van der Waals surface area contributed by atoms with Crippen molar-refractivity contribution in [3.63, 3.8) is 0 Å². The highest BCUT2D eigenvalue weighted by molar-refractivity contribution is 7.17. The number of fused-ring (bicyclic) bond motifs is 1. The summed E-state index contributed by atoms with van der Waals surface area (Å²) in [5, 5.41) is 0. The Hall–Kier alpha value is -1.85. The van der Waals surface area contributed by atoms with Crippen molar-refractivity contribution in [1.29, 1.82) is 0 Å². The van der Waals surface area contributed by atoms with Gasteiger partial charge in [-0.05, 0) is 30.7 Å². The van der Waals surface area contributed by atoms with Gasteiger partial charge in [0.1, 0.15) is 0 Å². The smallest absolute Gasteiger partial charge is 0.264 e. The predicted octanol–water partition coefficient (Wildman–Crippen LogP) is 3.84. The highest BCUT2D eigenvalue weighted by atomic mass is 35.5. The summed E-state index contributed by atoms with van der Waals surface area (Å²) in [4.78, 5) is 19.5. The van der Waals surface area contributed by atoms with Crippen LogP contribution in [0.25, 0.3) is 11.0 Å². The Morgan fingerprint density at radius 2 is 2.14 bits per heavy atom. The molecule has 2 aromatic heterocycles. The molecule has 0 bridgehead atoms. The molecule has 1 aromatic carbocycles. The van der Waals surface area contributed by atoms with Crippen LogP contribution in [0.1, 0.15) is 22.1 Å². The lowest BCUT2D eigenvalue weighted by molar-refractivity contribution is 0.0792. The van der Waals surface area contributed by atoms with Crippen molar-refractivity contribution in [3.05, 3.63) is 51.9 Å². The minimum atomic E-state index is 0.0730. The number of thiophene rings is 1. The van der Waals surface area contributed by atoms with Crippen molar-refractivity contribution in [2.24, 2.45) is 0 Å². The number of benzene rings is 1. The second kappa shape index (κ2) is 5.41. The number of carbonyl (C=O) groups is 1. The molecule has 1 aliphatic rings. The molecule has 112 valence electrons. The summed E-state index contributed by atoms with van der Waals surface area (Å²) in [5.41, 5.74) is 2.12. The number of hydrogen-bond donors (Lipinski definition) is 0. The van der Waals surface area contributed by atoms with Gasteiger partial charge in [-0.15, -0.1) is 11.3 Å². The molecular weight excluding hydrogens is 318 g/mol. The summed E-state index contributed by atoms with van der Waals surface area (Å²) >= 11 is 7.26. The van der Waals surface area contributed by atoms with Gasteiger partial charge in [-0.1, -0.05) is 23.7 Å². The third-order valence-corrected chi connectivity index (χ3v) is 5.33. The third-order valence-electron chi connectivity index (χ3n) is 4.11. The SMILES string of the molecule is O=C(c1ccc(Cl)s1)N1CC[C@@H](n2cnc3ccccc32)C1. The molecule has 0 spiro atoms. The van der Waals surface area contributed by atoms with E-state index in [1.54, 1.807) is 12.1 Å². The van der Waals surface area contributed by atoms with Gasteiger partial charge in [0, 0.05) is 13.1 Å². The van der Waals surface area contributed by atoms with Gasteiger partial charge in [0.15, 0.2) is 0 Å². The molecule has 22 heavy (non-hydrogen) atoms. The highest BCUT2D eigenvalue weighted by Crippen LogP contribution is 2.29. The van der Waals surface area contributed by atoms with E-state index in [1.807, 2.05) is 29.4 Å². The van der Waals surface area contributed by atoms with E-state index in [0.717, 1.165) is 24.0 Å². The van der Waals surface area contributed by atoms with Crippen LogP contribution in [-0.4, -0.2) is 33.4 Å². The van der Waals surface area contributed by atoms with Crippen LogP contribution < -0.4 is 0 Å². The second-order valence-corrected chi connectivity index (χ2v) is 7.15. The molecule has 4 rings (SSSR count). The van der Waals surface area contributed by atoms with Gasteiger partial charge < -0.3 is 9.47 Å². The number of aromatic nitrogens is 2. The first-order valence-electron chi connectivity index (χ1n) is 7.18. The summed E-state index contributed by atoms with van der Waals surface area (Å²) in [6.07, 6.45) is 2.83. The maximum absolute atomic E-state index is 12.5. The highest BCUT2D eigenvalue weighted by Gasteiger charge is 2.29. The summed E-state index contributed by atoms with van der Waals surface area (Å²) < 4.78 is 2.84. The number of halogens is 1. The molecule has 1 saturated heterocycles. The van der Waals surface area contributed by atoms with Crippen molar-refractivity contribution in [2.75, 3.05) is 13.1 Å². The van der Waals surface area contributed by atoms with Crippen LogP contribution >= 0.6 is 22.9 Å². The molecule has 3 heterocycles. The predicted molar refractivity (Wildman–Crippen MR) is 88.6 cm³/mol. The number of rotatable bonds is 2. The van der Waals surface area contributed by atoms with E-state index in [-0.39, 0.29) is 11.9 Å². The van der Waals surface area contributed by atoms with E-state index >= 15 is 0 Å². The molecule has 1 aliphatic heterocycles. The van der Waals surface area contributed by atoms with Gasteiger partial charge in [0.05, 0.1) is 32.6 Å². The van der Waals surface area contributed by atoms with Crippen LogP contribution in [0.15, 0.2) is 42.7 Å². The van der Waals surface area contributed by atoms with Crippen LogP contribution in [-0.2, 0) is 0 Å². The van der Waals surface area contributed by atoms with E-state index in [4.69, 9.17) is 11.6 Å². The Morgan fingerprint density at radius 1 is 1.27 bits per heavy atom. The lowest BCUT2D eigenvalue weighted by Gasteiger charge is -2.16. The minimum Gasteiger partial charge on any atom is -0.336 e. The average molecular weight is 332 g/mol. The van der Waals surface area contributed by atoms with Crippen molar-refractivity contribution < 1.29 is 4.79 Å². The van der Waals surface area contributed by atoms with E-state index in [1.165, 1.54) is 11.3 Å². The molecule has 0 aliphatic carbocycles. The zero-order chi connectivity index (χ0) is 15.1. The van der Waals surface area contributed by atoms with E-state index in [9.17, 15) is 4.79 Å². The fourth-order valence-electron chi connectivity index (χ4n) is 3.01. The topological polar surface area (TPSA) is 38.1 Å². The molecule has 1 atom stereocenters. The van der Waals surface area contributed by atoms with Gasteiger partial charge in [0.2, 0.25) is 0 Å². The standard InChI is InChI=1S/C16H14ClN3OS/c17-15-6-5-14(22-15)16(21)19-8-7-11(9-19)20-10-18-12-3-1-2-4-13(12)20/h1-6,10-11H,7-9H2/t11-/m1/s1. The lowest BCUT2D eigenvalue weighted by Crippen LogP contribution is -2.28. The molecule has 1 amide bonds. The van der Waals surface area contributed by atoms with Crippen LogP contribution in [0, 0.1) is 0 Å². The number of carbonyl (C=O) groups excluding carboxylic acids is 1. The second-order valence-electron chi connectivity index (χ2n) is 5.44. The first-order chi connectivity index (χ1) is 10.7. The Kier molecular flexibility index (Phi) is 3.39. The van der Waals surface area contributed by atoms with Gasteiger partial charge >= 0.3 is 0 Å². The van der Waals surface area contributed by atoms with Gasteiger partial charge in [-0.3, -0.25) is 4.79 Å². The molecule has 0 unspecified atom stereocenters. The number of likely N-dealkylation sites (tertiary alicyclic amines) is 1. The number of amides is 1. The molecule has 0 radical (unpaired) electrons. The summed E-state index contributed by atoms with van der Waals surface area (Å²) in [7, 11) is 0. The summed E-state index contributed by atoms with van der Waals surface area (Å²) in [6.45, 7) is 1.49. The molecular formula is C16H14ClN3OS. The third kappa shape index (κ3) is 2.30. The van der Waals surface area contributed by atoms with Crippen LogP contribution in [0.3, 0.4) is 0 Å². The molecule has 0 saturated carbocycles. The van der Waals surface area contributed by atoms with Crippen LogP contribution in [0.2, 0.25) is 4.34 Å². The first-order valence-corrected chi connectivity index (χ1v) is 8.38. The Balaban J connectivity index is 1.56. The summed E-state index contributed by atoms with van der Waals surface area (Å²) in [5.74, 6) is 0.0730.